The third kappa shape index (κ3) is 6.64. The van der Waals surface area contributed by atoms with Crippen molar-refractivity contribution in [3.05, 3.63) is 54.4 Å². The molecule has 1 aromatic heterocycles. The molecule has 3 aromatic rings. The normalized spacial score (nSPS) is 20.0. The Bertz CT molecular complexity index is 1210. The van der Waals surface area contributed by atoms with Crippen molar-refractivity contribution < 1.29 is 24.2 Å². The Kier molecular flexibility index (Phi) is 8.73. The van der Waals surface area contributed by atoms with Gasteiger partial charge in [-0.05, 0) is 36.2 Å². The van der Waals surface area contributed by atoms with Crippen LogP contribution in [0.1, 0.15) is 32.4 Å². The number of fused-ring (bicyclic) bond motifs is 2. The first-order valence-electron chi connectivity index (χ1n) is 12.7. The number of likely N-dealkylation sites (N-methyl/N-ethyl adjacent to an activating group) is 1. The second-order valence-electron chi connectivity index (χ2n) is 9.71. The maximum Gasteiger partial charge on any atom is 0.415 e. The molecule has 0 spiro atoms. The van der Waals surface area contributed by atoms with Crippen molar-refractivity contribution in [3.63, 3.8) is 0 Å². The van der Waals surface area contributed by atoms with Crippen LogP contribution in [0.2, 0.25) is 0 Å². The van der Waals surface area contributed by atoms with Crippen LogP contribution in [0, 0.1) is 5.92 Å². The first-order chi connectivity index (χ1) is 17.9. The van der Waals surface area contributed by atoms with Gasteiger partial charge in [-0.25, -0.2) is 9.48 Å². The second kappa shape index (κ2) is 12.2. The number of hydrogen-bond acceptors (Lipinski definition) is 7. The summed E-state index contributed by atoms with van der Waals surface area (Å²) in [5.74, 6) is 0.308. The van der Waals surface area contributed by atoms with Gasteiger partial charge in [-0.2, -0.15) is 0 Å². The molecule has 10 nitrogen and oxygen atoms in total. The van der Waals surface area contributed by atoms with Crippen molar-refractivity contribution in [2.24, 2.45) is 5.92 Å². The fraction of sp³-hybridized carbons (Fsp3) is 0.481. The zero-order valence-corrected chi connectivity index (χ0v) is 21.6. The molecule has 1 aliphatic rings. The quantitative estimate of drug-likeness (QED) is 0.563. The summed E-state index contributed by atoms with van der Waals surface area (Å²) in [4.78, 5) is 29.2. The number of aliphatic hydroxyl groups excluding tert-OH is 1. The lowest BCUT2D eigenvalue weighted by Crippen LogP contribution is -2.48. The summed E-state index contributed by atoms with van der Waals surface area (Å²) in [6, 6.07) is 13.1. The zero-order chi connectivity index (χ0) is 26.4. The van der Waals surface area contributed by atoms with Crippen LogP contribution in [0.15, 0.2) is 48.7 Å². The lowest BCUT2D eigenvalue weighted by Gasteiger charge is -2.35. The molecular weight excluding hydrogens is 474 g/mol. The molecule has 37 heavy (non-hydrogen) atoms. The number of hydrogen-bond donors (Lipinski definition) is 1. The van der Waals surface area contributed by atoms with Gasteiger partial charge >= 0.3 is 6.09 Å². The fourth-order valence-corrected chi connectivity index (χ4v) is 4.50. The van der Waals surface area contributed by atoms with E-state index in [0.29, 0.717) is 31.7 Å². The Labute approximate surface area is 216 Å². The minimum Gasteiger partial charge on any atom is -0.410 e. The molecule has 2 amide bonds. The van der Waals surface area contributed by atoms with E-state index in [1.54, 1.807) is 28.9 Å². The fourth-order valence-electron chi connectivity index (χ4n) is 4.50. The van der Waals surface area contributed by atoms with E-state index in [1.807, 2.05) is 50.2 Å². The molecular formula is C27H35N5O5. The first-order valence-corrected chi connectivity index (χ1v) is 12.7. The number of carbonyl (C=O) groups is 2. The van der Waals surface area contributed by atoms with Gasteiger partial charge in [-0.1, -0.05) is 42.5 Å². The number of aromatic nitrogens is 3. The predicted molar refractivity (Wildman–Crippen MR) is 138 cm³/mol. The maximum absolute atomic E-state index is 13.0. The van der Waals surface area contributed by atoms with Gasteiger partial charge in [0.1, 0.15) is 5.75 Å². The molecule has 198 valence electrons. The van der Waals surface area contributed by atoms with Gasteiger partial charge in [0.05, 0.1) is 43.8 Å². The van der Waals surface area contributed by atoms with Crippen LogP contribution in [0.25, 0.3) is 10.8 Å². The number of carbonyl (C=O) groups excluding carboxylic acids is 2. The van der Waals surface area contributed by atoms with Gasteiger partial charge in [0.2, 0.25) is 5.91 Å². The molecule has 0 aliphatic carbocycles. The van der Waals surface area contributed by atoms with Gasteiger partial charge in [0, 0.05) is 32.5 Å². The number of aryl methyl sites for hydroxylation is 1. The minimum atomic E-state index is -0.499. The van der Waals surface area contributed by atoms with Crippen molar-refractivity contribution >= 4 is 22.8 Å². The van der Waals surface area contributed by atoms with E-state index in [1.165, 1.54) is 4.90 Å². The molecule has 0 fully saturated rings. The summed E-state index contributed by atoms with van der Waals surface area (Å²) >= 11 is 0. The maximum atomic E-state index is 13.0. The SMILES string of the molecule is C[C@H](CO)N1C[C@H](C)[C@H](CN(C)C(=O)Oc2ccc3ccccc3c2)OCc2cnnn2CCCC1=O. The highest BCUT2D eigenvalue weighted by atomic mass is 16.6. The van der Waals surface area contributed by atoms with Crippen LogP contribution in [0.3, 0.4) is 0 Å². The van der Waals surface area contributed by atoms with Gasteiger partial charge in [0.15, 0.2) is 0 Å². The monoisotopic (exact) mass is 509 g/mol. The summed E-state index contributed by atoms with van der Waals surface area (Å²) in [5.41, 5.74) is 0.812. The third-order valence-corrected chi connectivity index (χ3v) is 6.83. The third-order valence-electron chi connectivity index (χ3n) is 6.83. The Hall–Kier alpha value is -3.50. The van der Waals surface area contributed by atoms with E-state index in [0.717, 1.165) is 16.5 Å². The number of aliphatic hydroxyl groups is 1. The van der Waals surface area contributed by atoms with Crippen LogP contribution < -0.4 is 4.74 Å². The Balaban J connectivity index is 1.49. The molecule has 2 aromatic carbocycles. The van der Waals surface area contributed by atoms with E-state index < -0.39 is 12.2 Å². The molecule has 3 atom stereocenters. The van der Waals surface area contributed by atoms with Crippen LogP contribution >= 0.6 is 0 Å². The molecule has 0 saturated heterocycles. The molecule has 2 heterocycles. The van der Waals surface area contributed by atoms with Crippen LogP contribution in [-0.4, -0.2) is 80.8 Å². The molecule has 0 bridgehead atoms. The number of rotatable bonds is 5. The average Bonchev–Trinajstić information content (AvgIpc) is 3.35. The molecule has 0 saturated carbocycles. The second-order valence-corrected chi connectivity index (χ2v) is 9.71. The van der Waals surface area contributed by atoms with Crippen LogP contribution in [0.5, 0.6) is 5.75 Å². The molecule has 1 aliphatic heterocycles. The highest BCUT2D eigenvalue weighted by Gasteiger charge is 2.29. The number of nitrogens with zero attached hydrogens (tertiary/aromatic N) is 5. The van der Waals surface area contributed by atoms with Gasteiger partial charge < -0.3 is 24.4 Å². The molecule has 1 N–H and O–H groups in total. The minimum absolute atomic E-state index is 0.0292. The smallest absolute Gasteiger partial charge is 0.410 e. The standard InChI is InChI=1S/C27H35N5O5/c1-19-15-31(20(2)17-33)26(34)9-6-12-32-23(14-28-29-32)18-36-25(19)16-30(3)27(35)37-24-11-10-21-7-4-5-8-22(21)13-24/h4-5,7-8,10-11,13-14,19-20,25,33H,6,9,12,15-18H2,1-3H3/t19-,20+,25-/m0/s1. The van der Waals surface area contributed by atoms with Gasteiger partial charge in [-0.3, -0.25) is 4.79 Å². The van der Waals surface area contributed by atoms with Crippen molar-refractivity contribution in [3.8, 4) is 5.75 Å². The van der Waals surface area contributed by atoms with E-state index in [2.05, 4.69) is 10.3 Å². The van der Waals surface area contributed by atoms with Gasteiger partial charge in [-0.15, -0.1) is 5.10 Å². The Morgan fingerprint density at radius 1 is 1.27 bits per heavy atom. The Morgan fingerprint density at radius 3 is 2.84 bits per heavy atom. The number of amides is 2. The first kappa shape index (κ1) is 26.6. The average molecular weight is 510 g/mol. The van der Waals surface area contributed by atoms with Gasteiger partial charge in [0.25, 0.3) is 0 Å². The molecule has 4 rings (SSSR count). The summed E-state index contributed by atoms with van der Waals surface area (Å²) in [5, 5.41) is 19.9. The van der Waals surface area contributed by atoms with E-state index >= 15 is 0 Å². The van der Waals surface area contributed by atoms with E-state index in [4.69, 9.17) is 9.47 Å². The molecule has 0 unspecified atom stereocenters. The predicted octanol–water partition coefficient (Wildman–Crippen LogP) is 3.09. The van der Waals surface area contributed by atoms with E-state index in [9.17, 15) is 14.7 Å². The zero-order valence-electron chi connectivity index (χ0n) is 21.6. The number of ether oxygens (including phenoxy) is 2. The largest absolute Gasteiger partial charge is 0.415 e. The summed E-state index contributed by atoms with van der Waals surface area (Å²) < 4.78 is 13.7. The van der Waals surface area contributed by atoms with Crippen LogP contribution in [-0.2, 0) is 22.7 Å². The van der Waals surface area contributed by atoms with Crippen molar-refractivity contribution in [2.45, 2.75) is 52.0 Å². The lowest BCUT2D eigenvalue weighted by atomic mass is 10.0. The van der Waals surface area contributed by atoms with Crippen molar-refractivity contribution in [2.75, 3.05) is 26.7 Å². The molecule has 0 radical (unpaired) electrons. The Morgan fingerprint density at radius 2 is 2.05 bits per heavy atom. The molecule has 10 heteroatoms. The summed E-state index contributed by atoms with van der Waals surface area (Å²) in [6.45, 7) is 5.16. The highest BCUT2D eigenvalue weighted by molar-refractivity contribution is 5.84. The highest BCUT2D eigenvalue weighted by Crippen LogP contribution is 2.22. The lowest BCUT2D eigenvalue weighted by molar-refractivity contribution is -0.136. The summed E-state index contributed by atoms with van der Waals surface area (Å²) in [6.07, 6.45) is 1.72. The van der Waals surface area contributed by atoms with Crippen molar-refractivity contribution in [1.82, 2.24) is 24.8 Å². The summed E-state index contributed by atoms with van der Waals surface area (Å²) in [7, 11) is 1.67. The topological polar surface area (TPSA) is 110 Å². The van der Waals surface area contributed by atoms with E-state index in [-0.39, 0.29) is 37.6 Å². The van der Waals surface area contributed by atoms with Crippen LogP contribution in [0.4, 0.5) is 4.79 Å². The van der Waals surface area contributed by atoms with Crippen molar-refractivity contribution in [1.29, 1.82) is 0 Å². The number of benzene rings is 2.